The van der Waals surface area contributed by atoms with Gasteiger partial charge in [-0.15, -0.1) is 18.2 Å². The van der Waals surface area contributed by atoms with Crippen LogP contribution in [0.15, 0.2) is 12.7 Å². The van der Waals surface area contributed by atoms with Crippen LogP contribution in [0.1, 0.15) is 20.3 Å². The van der Waals surface area contributed by atoms with E-state index in [4.69, 9.17) is 11.6 Å². The molecule has 0 heterocycles. The van der Waals surface area contributed by atoms with Gasteiger partial charge in [0.05, 0.1) is 0 Å². The van der Waals surface area contributed by atoms with Gasteiger partial charge in [0.1, 0.15) is 5.38 Å². The number of hydrogen-bond acceptors (Lipinski definition) is 1. The fourth-order valence-electron chi connectivity index (χ4n) is 0.667. The average Bonchev–Trinajstić information content (AvgIpc) is 1.87. The number of hydrogen-bond donors (Lipinski definition) is 1. The summed E-state index contributed by atoms with van der Waals surface area (Å²) < 4.78 is 0. The first kappa shape index (κ1) is 10.5. The van der Waals surface area contributed by atoms with Gasteiger partial charge in [-0.05, 0) is 20.3 Å². The van der Waals surface area contributed by atoms with Crippen molar-refractivity contribution in [3.8, 4) is 0 Å². The first-order valence-corrected chi connectivity index (χ1v) is 4.07. The Morgan fingerprint density at radius 3 is 2.64 bits per heavy atom. The Morgan fingerprint density at radius 1 is 1.73 bits per heavy atom. The van der Waals surface area contributed by atoms with Gasteiger partial charge in [-0.25, -0.2) is 0 Å². The zero-order valence-corrected chi connectivity index (χ0v) is 7.69. The molecule has 2 unspecified atom stereocenters. The van der Waals surface area contributed by atoms with Crippen molar-refractivity contribution >= 4 is 17.5 Å². The molecule has 64 valence electrons. The first-order valence-electron chi connectivity index (χ1n) is 3.63. The SMILES string of the molecule is C=CCC(C)NC(=O)C(C)Cl. The van der Waals surface area contributed by atoms with Crippen molar-refractivity contribution in [3.05, 3.63) is 12.7 Å². The third-order valence-corrected chi connectivity index (χ3v) is 1.47. The lowest BCUT2D eigenvalue weighted by atomic mass is 10.2. The summed E-state index contributed by atoms with van der Waals surface area (Å²) >= 11 is 5.53. The van der Waals surface area contributed by atoms with Crippen LogP contribution in [-0.2, 0) is 4.79 Å². The molecule has 0 aliphatic rings. The number of halogens is 1. The van der Waals surface area contributed by atoms with E-state index >= 15 is 0 Å². The maximum absolute atomic E-state index is 11.0. The summed E-state index contributed by atoms with van der Waals surface area (Å²) in [5.41, 5.74) is 0. The third kappa shape index (κ3) is 4.85. The van der Waals surface area contributed by atoms with Gasteiger partial charge in [0.25, 0.3) is 0 Å². The van der Waals surface area contributed by atoms with E-state index in [0.29, 0.717) is 0 Å². The molecule has 11 heavy (non-hydrogen) atoms. The molecule has 1 N–H and O–H groups in total. The van der Waals surface area contributed by atoms with Gasteiger partial charge in [0.2, 0.25) is 5.91 Å². The Labute approximate surface area is 72.6 Å². The molecule has 0 spiro atoms. The zero-order chi connectivity index (χ0) is 8.85. The molecule has 0 aliphatic carbocycles. The third-order valence-electron chi connectivity index (χ3n) is 1.27. The van der Waals surface area contributed by atoms with Gasteiger partial charge in [-0.1, -0.05) is 6.08 Å². The molecule has 0 bridgehead atoms. The highest BCUT2D eigenvalue weighted by Gasteiger charge is 2.10. The summed E-state index contributed by atoms with van der Waals surface area (Å²) in [5, 5.41) is 2.28. The van der Waals surface area contributed by atoms with Gasteiger partial charge in [0, 0.05) is 6.04 Å². The highest BCUT2D eigenvalue weighted by molar-refractivity contribution is 6.30. The van der Waals surface area contributed by atoms with Crippen LogP contribution < -0.4 is 5.32 Å². The standard InChI is InChI=1S/C8H14ClNO/c1-4-5-6(2)10-8(11)7(3)9/h4,6-7H,1,5H2,2-3H3,(H,10,11). The summed E-state index contributed by atoms with van der Waals surface area (Å²) in [6.07, 6.45) is 2.54. The molecule has 0 fully saturated rings. The van der Waals surface area contributed by atoms with Crippen molar-refractivity contribution in [2.24, 2.45) is 0 Å². The van der Waals surface area contributed by atoms with Gasteiger partial charge in [-0.3, -0.25) is 4.79 Å². The molecular weight excluding hydrogens is 162 g/mol. The lowest BCUT2D eigenvalue weighted by Gasteiger charge is -2.12. The molecule has 0 saturated heterocycles. The molecule has 0 rings (SSSR count). The Kier molecular flexibility index (Phi) is 4.95. The van der Waals surface area contributed by atoms with Crippen LogP contribution in [0, 0.1) is 0 Å². The van der Waals surface area contributed by atoms with E-state index in [1.807, 2.05) is 6.92 Å². The van der Waals surface area contributed by atoms with Crippen LogP contribution in [0.3, 0.4) is 0 Å². The second-order valence-corrected chi connectivity index (χ2v) is 3.20. The van der Waals surface area contributed by atoms with E-state index in [0.717, 1.165) is 6.42 Å². The summed E-state index contributed by atoms with van der Waals surface area (Å²) in [7, 11) is 0. The second kappa shape index (κ2) is 5.19. The molecule has 0 aliphatic heterocycles. The summed E-state index contributed by atoms with van der Waals surface area (Å²) in [5.74, 6) is -0.124. The van der Waals surface area contributed by atoms with Gasteiger partial charge >= 0.3 is 0 Å². The number of amides is 1. The fourth-order valence-corrected chi connectivity index (χ4v) is 0.730. The Bertz CT molecular complexity index is 145. The zero-order valence-electron chi connectivity index (χ0n) is 6.93. The predicted octanol–water partition coefficient (Wildman–Crippen LogP) is 1.69. The number of carbonyl (C=O) groups is 1. The molecule has 2 nitrogen and oxygen atoms in total. The Hall–Kier alpha value is -0.500. The van der Waals surface area contributed by atoms with E-state index in [1.54, 1.807) is 13.0 Å². The molecule has 0 radical (unpaired) electrons. The summed E-state index contributed by atoms with van der Waals surface area (Å²) in [4.78, 5) is 11.0. The van der Waals surface area contributed by atoms with Crippen LogP contribution >= 0.6 is 11.6 Å². The van der Waals surface area contributed by atoms with Crippen LogP contribution in [0.5, 0.6) is 0 Å². The van der Waals surface area contributed by atoms with Crippen molar-refractivity contribution in [1.82, 2.24) is 5.32 Å². The molecule has 0 aromatic heterocycles. The van der Waals surface area contributed by atoms with Crippen LogP contribution in [0.4, 0.5) is 0 Å². The quantitative estimate of drug-likeness (QED) is 0.512. The molecular formula is C8H14ClNO. The van der Waals surface area contributed by atoms with Gasteiger partial charge in [-0.2, -0.15) is 0 Å². The van der Waals surface area contributed by atoms with Crippen LogP contribution in [-0.4, -0.2) is 17.3 Å². The minimum Gasteiger partial charge on any atom is -0.352 e. The summed E-state index contributed by atoms with van der Waals surface area (Å²) in [6.45, 7) is 7.13. The molecule has 1 amide bonds. The molecule has 0 saturated carbocycles. The fraction of sp³-hybridized carbons (Fsp3) is 0.625. The van der Waals surface area contributed by atoms with Gasteiger partial charge < -0.3 is 5.32 Å². The topological polar surface area (TPSA) is 29.1 Å². The predicted molar refractivity (Wildman–Crippen MR) is 47.7 cm³/mol. The van der Waals surface area contributed by atoms with Crippen LogP contribution in [0.25, 0.3) is 0 Å². The van der Waals surface area contributed by atoms with Crippen molar-refractivity contribution in [2.45, 2.75) is 31.7 Å². The maximum Gasteiger partial charge on any atom is 0.237 e. The van der Waals surface area contributed by atoms with E-state index in [-0.39, 0.29) is 11.9 Å². The van der Waals surface area contributed by atoms with E-state index in [9.17, 15) is 4.79 Å². The van der Waals surface area contributed by atoms with E-state index in [2.05, 4.69) is 11.9 Å². The molecule has 0 aromatic rings. The average molecular weight is 176 g/mol. The number of rotatable bonds is 4. The van der Waals surface area contributed by atoms with Crippen molar-refractivity contribution < 1.29 is 4.79 Å². The van der Waals surface area contributed by atoms with Gasteiger partial charge in [0.15, 0.2) is 0 Å². The summed E-state index contributed by atoms with van der Waals surface area (Å²) in [6, 6.07) is 0.126. The Morgan fingerprint density at radius 2 is 2.27 bits per heavy atom. The van der Waals surface area contributed by atoms with E-state index < -0.39 is 5.38 Å². The number of alkyl halides is 1. The molecule has 2 atom stereocenters. The maximum atomic E-state index is 11.0. The highest BCUT2D eigenvalue weighted by atomic mass is 35.5. The number of nitrogens with one attached hydrogen (secondary N) is 1. The Balaban J connectivity index is 3.65. The molecule has 3 heteroatoms. The molecule has 0 aromatic carbocycles. The smallest absolute Gasteiger partial charge is 0.237 e. The minimum absolute atomic E-state index is 0.124. The van der Waals surface area contributed by atoms with Crippen molar-refractivity contribution in [1.29, 1.82) is 0 Å². The number of carbonyl (C=O) groups excluding carboxylic acids is 1. The second-order valence-electron chi connectivity index (χ2n) is 2.55. The monoisotopic (exact) mass is 175 g/mol. The lowest BCUT2D eigenvalue weighted by Crippen LogP contribution is -2.36. The lowest BCUT2D eigenvalue weighted by molar-refractivity contribution is -0.121. The van der Waals surface area contributed by atoms with Crippen molar-refractivity contribution in [2.75, 3.05) is 0 Å². The highest BCUT2D eigenvalue weighted by Crippen LogP contribution is 1.96. The largest absolute Gasteiger partial charge is 0.352 e. The van der Waals surface area contributed by atoms with E-state index in [1.165, 1.54) is 0 Å². The first-order chi connectivity index (χ1) is 5.07. The normalized spacial score (nSPS) is 15.2. The van der Waals surface area contributed by atoms with Crippen molar-refractivity contribution in [3.63, 3.8) is 0 Å². The minimum atomic E-state index is -0.456. The van der Waals surface area contributed by atoms with Crippen LogP contribution in [0.2, 0.25) is 0 Å².